The lowest BCUT2D eigenvalue weighted by Gasteiger charge is -2.23. The maximum atomic E-state index is 11.8. The van der Waals surface area contributed by atoms with E-state index in [0.29, 0.717) is 6.54 Å². The van der Waals surface area contributed by atoms with E-state index in [4.69, 9.17) is 5.73 Å². The van der Waals surface area contributed by atoms with Crippen LogP contribution in [0.15, 0.2) is 0 Å². The van der Waals surface area contributed by atoms with Crippen LogP contribution in [0.2, 0.25) is 0 Å². The van der Waals surface area contributed by atoms with Crippen molar-refractivity contribution in [1.82, 2.24) is 5.32 Å². The molecule has 2 amide bonds. The monoisotopic (exact) mass is 368 g/mol. The van der Waals surface area contributed by atoms with Crippen molar-refractivity contribution in [3.63, 3.8) is 0 Å². The van der Waals surface area contributed by atoms with Crippen LogP contribution in [0, 0.1) is 11.8 Å². The highest BCUT2D eigenvalue weighted by atomic mass is 16.1. The number of unbranched alkanes of at least 4 members (excludes halogenated alkanes) is 11. The number of nitrogens with two attached hydrogens (primary N) is 1. The van der Waals surface area contributed by atoms with Crippen molar-refractivity contribution in [2.45, 2.75) is 111 Å². The number of hydrogen-bond donors (Lipinski definition) is 2. The highest BCUT2D eigenvalue weighted by Crippen LogP contribution is 2.22. The molecule has 0 saturated carbocycles. The Labute approximate surface area is 162 Å². The molecule has 0 spiro atoms. The summed E-state index contributed by atoms with van der Waals surface area (Å²) in [6.07, 6.45) is 17.5. The van der Waals surface area contributed by atoms with E-state index >= 15 is 0 Å². The van der Waals surface area contributed by atoms with Crippen molar-refractivity contribution in [2.24, 2.45) is 17.6 Å². The predicted molar refractivity (Wildman–Crippen MR) is 111 cm³/mol. The van der Waals surface area contributed by atoms with Crippen LogP contribution in [0.4, 0.5) is 0 Å². The van der Waals surface area contributed by atoms with Crippen LogP contribution in [0.3, 0.4) is 0 Å². The van der Waals surface area contributed by atoms with Crippen LogP contribution in [0.5, 0.6) is 0 Å². The molecule has 0 aliphatic carbocycles. The molecule has 0 bridgehead atoms. The summed E-state index contributed by atoms with van der Waals surface area (Å²) in [5.41, 5.74) is 5.61. The first kappa shape index (κ1) is 24.9. The predicted octanol–water partition coefficient (Wildman–Crippen LogP) is 5.34. The Kier molecular flexibility index (Phi) is 16.7. The molecule has 0 aliphatic rings. The van der Waals surface area contributed by atoms with Gasteiger partial charge in [-0.05, 0) is 12.3 Å². The lowest BCUT2D eigenvalue weighted by molar-refractivity contribution is -0.125. The smallest absolute Gasteiger partial charge is 0.220 e. The second-order valence-corrected chi connectivity index (χ2v) is 7.79. The third kappa shape index (κ3) is 14.1. The molecule has 4 heteroatoms. The zero-order chi connectivity index (χ0) is 19.6. The SMILES string of the molecule is CCCCCCCCCCCCCCC(C(N)=O)C(CC)CNC(C)=O. The molecule has 3 N–H and O–H groups in total. The normalized spacial score (nSPS) is 13.3. The number of carbonyl (C=O) groups excluding carboxylic acids is 2. The Hall–Kier alpha value is -1.06. The first-order chi connectivity index (χ1) is 12.5. The van der Waals surface area contributed by atoms with Crippen LogP contribution in [0.25, 0.3) is 0 Å². The van der Waals surface area contributed by atoms with Crippen LogP contribution in [0.1, 0.15) is 111 Å². The minimum atomic E-state index is -0.217. The van der Waals surface area contributed by atoms with Gasteiger partial charge in [0.05, 0.1) is 0 Å². The quantitative estimate of drug-likeness (QED) is 0.320. The molecule has 0 aliphatic heterocycles. The van der Waals surface area contributed by atoms with Gasteiger partial charge in [-0.3, -0.25) is 9.59 Å². The molecule has 2 atom stereocenters. The third-order valence-corrected chi connectivity index (χ3v) is 5.44. The standard InChI is InChI=1S/C22H44N2O2/c1-4-6-7-8-9-10-11-12-13-14-15-16-17-21(22(23)26)20(5-2)18-24-19(3)25/h20-21H,4-18H2,1-3H3,(H2,23,26)(H,24,25). The van der Waals surface area contributed by atoms with Gasteiger partial charge in [0.25, 0.3) is 0 Å². The molecular weight excluding hydrogens is 324 g/mol. The van der Waals surface area contributed by atoms with Gasteiger partial charge in [-0.2, -0.15) is 0 Å². The average molecular weight is 369 g/mol. The number of primary amides is 1. The number of carbonyl (C=O) groups is 2. The van der Waals surface area contributed by atoms with E-state index in [9.17, 15) is 9.59 Å². The van der Waals surface area contributed by atoms with E-state index in [0.717, 1.165) is 19.3 Å². The molecular formula is C22H44N2O2. The first-order valence-electron chi connectivity index (χ1n) is 11.1. The average Bonchev–Trinajstić information content (AvgIpc) is 2.60. The van der Waals surface area contributed by atoms with E-state index in [1.807, 2.05) is 0 Å². The molecule has 0 saturated heterocycles. The first-order valence-corrected chi connectivity index (χ1v) is 11.1. The van der Waals surface area contributed by atoms with E-state index in [-0.39, 0.29) is 23.7 Å². The topological polar surface area (TPSA) is 72.2 Å². The summed E-state index contributed by atoms with van der Waals surface area (Å²) < 4.78 is 0. The zero-order valence-corrected chi connectivity index (χ0v) is 17.7. The minimum absolute atomic E-state index is 0.0444. The van der Waals surface area contributed by atoms with Crippen LogP contribution in [-0.2, 0) is 9.59 Å². The molecule has 4 nitrogen and oxygen atoms in total. The van der Waals surface area contributed by atoms with Gasteiger partial charge in [0.15, 0.2) is 0 Å². The summed E-state index contributed by atoms with van der Waals surface area (Å²) in [5.74, 6) is -0.221. The fourth-order valence-corrected chi connectivity index (χ4v) is 3.66. The summed E-state index contributed by atoms with van der Waals surface area (Å²) in [6.45, 7) is 6.39. The summed E-state index contributed by atoms with van der Waals surface area (Å²) in [6, 6.07) is 0. The van der Waals surface area contributed by atoms with Gasteiger partial charge in [0.2, 0.25) is 11.8 Å². The fourth-order valence-electron chi connectivity index (χ4n) is 3.66. The van der Waals surface area contributed by atoms with Gasteiger partial charge >= 0.3 is 0 Å². The lowest BCUT2D eigenvalue weighted by Crippen LogP contribution is -2.37. The second-order valence-electron chi connectivity index (χ2n) is 7.79. The maximum absolute atomic E-state index is 11.8. The molecule has 0 radical (unpaired) electrons. The lowest BCUT2D eigenvalue weighted by atomic mass is 9.85. The van der Waals surface area contributed by atoms with Gasteiger partial charge in [-0.1, -0.05) is 97.3 Å². The van der Waals surface area contributed by atoms with Crippen molar-refractivity contribution >= 4 is 11.8 Å². The molecule has 2 unspecified atom stereocenters. The Morgan fingerprint density at radius 3 is 1.65 bits per heavy atom. The van der Waals surface area contributed by atoms with Gasteiger partial charge in [0.1, 0.15) is 0 Å². The number of nitrogens with one attached hydrogen (secondary N) is 1. The van der Waals surface area contributed by atoms with Gasteiger partial charge in [-0.25, -0.2) is 0 Å². The van der Waals surface area contributed by atoms with Gasteiger partial charge in [-0.15, -0.1) is 0 Å². The molecule has 0 aromatic heterocycles. The van der Waals surface area contributed by atoms with E-state index in [1.165, 1.54) is 77.6 Å². The van der Waals surface area contributed by atoms with Crippen molar-refractivity contribution < 1.29 is 9.59 Å². The molecule has 0 aromatic rings. The summed E-state index contributed by atoms with van der Waals surface area (Å²) in [4.78, 5) is 22.9. The van der Waals surface area contributed by atoms with E-state index < -0.39 is 0 Å². The molecule has 0 aromatic carbocycles. The summed E-state index contributed by atoms with van der Waals surface area (Å²) in [7, 11) is 0. The van der Waals surface area contributed by atoms with Crippen LogP contribution >= 0.6 is 0 Å². The van der Waals surface area contributed by atoms with Crippen molar-refractivity contribution in [3.8, 4) is 0 Å². The number of rotatable bonds is 18. The summed E-state index contributed by atoms with van der Waals surface area (Å²) in [5, 5.41) is 2.83. The Morgan fingerprint density at radius 1 is 0.808 bits per heavy atom. The van der Waals surface area contributed by atoms with Crippen molar-refractivity contribution in [3.05, 3.63) is 0 Å². The largest absolute Gasteiger partial charge is 0.369 e. The maximum Gasteiger partial charge on any atom is 0.220 e. The highest BCUT2D eigenvalue weighted by Gasteiger charge is 2.24. The highest BCUT2D eigenvalue weighted by molar-refractivity contribution is 5.77. The van der Waals surface area contributed by atoms with Crippen molar-refractivity contribution in [1.29, 1.82) is 0 Å². The molecule has 154 valence electrons. The third-order valence-electron chi connectivity index (χ3n) is 5.44. The van der Waals surface area contributed by atoms with Crippen molar-refractivity contribution in [2.75, 3.05) is 6.54 Å². The van der Waals surface area contributed by atoms with Gasteiger partial charge < -0.3 is 11.1 Å². The number of amides is 2. The number of hydrogen-bond acceptors (Lipinski definition) is 2. The minimum Gasteiger partial charge on any atom is -0.369 e. The summed E-state index contributed by atoms with van der Waals surface area (Å²) >= 11 is 0. The zero-order valence-electron chi connectivity index (χ0n) is 17.7. The Balaban J connectivity index is 3.74. The fraction of sp³-hybridized carbons (Fsp3) is 0.909. The van der Waals surface area contributed by atoms with E-state index in [2.05, 4.69) is 19.2 Å². The Bertz CT molecular complexity index is 358. The molecule has 0 rings (SSSR count). The molecule has 0 fully saturated rings. The Morgan fingerprint density at radius 2 is 1.27 bits per heavy atom. The van der Waals surface area contributed by atoms with Gasteiger partial charge in [0, 0.05) is 19.4 Å². The molecule has 0 heterocycles. The second kappa shape index (κ2) is 17.4. The molecule has 26 heavy (non-hydrogen) atoms. The van der Waals surface area contributed by atoms with Crippen LogP contribution in [-0.4, -0.2) is 18.4 Å². The van der Waals surface area contributed by atoms with E-state index in [1.54, 1.807) is 0 Å². The van der Waals surface area contributed by atoms with Crippen LogP contribution < -0.4 is 11.1 Å².